The highest BCUT2D eigenvalue weighted by molar-refractivity contribution is 6.36. The van der Waals surface area contributed by atoms with Crippen LogP contribution in [-0.4, -0.2) is 64.7 Å². The lowest BCUT2D eigenvalue weighted by molar-refractivity contribution is 0.285. The van der Waals surface area contributed by atoms with Gasteiger partial charge in [0.15, 0.2) is 0 Å². The van der Waals surface area contributed by atoms with Gasteiger partial charge >= 0.3 is 0 Å². The normalized spacial score (nSPS) is 21.8. The first kappa shape index (κ1) is 22.7. The number of aliphatic imine (C=N–C) groups is 1. The van der Waals surface area contributed by atoms with Gasteiger partial charge in [-0.3, -0.25) is 10.4 Å². The highest BCUT2D eigenvalue weighted by Crippen LogP contribution is 2.37. The summed E-state index contributed by atoms with van der Waals surface area (Å²) in [7, 11) is 2.04. The number of rotatable bonds is 5. The largest absolute Gasteiger partial charge is 0.382 e. The van der Waals surface area contributed by atoms with Crippen molar-refractivity contribution in [1.82, 2.24) is 19.9 Å². The van der Waals surface area contributed by atoms with E-state index in [0.29, 0.717) is 35.3 Å². The second-order valence-electron chi connectivity index (χ2n) is 8.04. The Bertz CT molecular complexity index is 1100. The van der Waals surface area contributed by atoms with Crippen molar-refractivity contribution >= 4 is 34.7 Å². The van der Waals surface area contributed by atoms with Gasteiger partial charge in [0.2, 0.25) is 11.7 Å². The molecule has 170 valence electrons. The van der Waals surface area contributed by atoms with Crippen molar-refractivity contribution in [2.45, 2.75) is 25.3 Å². The molecule has 1 saturated heterocycles. The van der Waals surface area contributed by atoms with E-state index in [1.54, 1.807) is 6.08 Å². The number of benzene rings is 1. The third kappa shape index (κ3) is 4.37. The molecule has 2 aliphatic heterocycles. The lowest BCUT2D eigenvalue weighted by atomic mass is 10.0. The molecule has 2 atom stereocenters. The van der Waals surface area contributed by atoms with Crippen molar-refractivity contribution < 1.29 is 8.91 Å². The molecule has 1 aromatic heterocycles. The molecule has 32 heavy (non-hydrogen) atoms. The summed E-state index contributed by atoms with van der Waals surface area (Å²) in [6.45, 7) is 4.61. The fourth-order valence-corrected chi connectivity index (χ4v) is 4.80. The van der Waals surface area contributed by atoms with Crippen molar-refractivity contribution in [1.29, 1.82) is 5.41 Å². The van der Waals surface area contributed by atoms with Crippen LogP contribution in [0.1, 0.15) is 42.6 Å². The third-order valence-electron chi connectivity index (χ3n) is 5.86. The van der Waals surface area contributed by atoms with Gasteiger partial charge in [0.05, 0.1) is 29.2 Å². The van der Waals surface area contributed by atoms with Gasteiger partial charge in [-0.2, -0.15) is 4.98 Å². The Hall–Kier alpha value is -2.49. The number of halogens is 3. The van der Waals surface area contributed by atoms with Crippen LogP contribution in [0.25, 0.3) is 0 Å². The SMILES string of the molecule is C[C@H](c1c(Cl)ccc(F)c1Cl)N1CCN=C(N)/C1=C\C(=N)c1noc(C2CCN(C)C2)n1. The smallest absolute Gasteiger partial charge is 0.231 e. The maximum Gasteiger partial charge on any atom is 0.231 e. The Morgan fingerprint density at radius 1 is 1.38 bits per heavy atom. The zero-order chi connectivity index (χ0) is 23.0. The number of aromatic nitrogens is 2. The second kappa shape index (κ2) is 9.17. The standard InChI is InChI=1S/C21H24Cl2FN7O/c1-11(17-13(22)3-4-14(24)18(17)23)31-8-6-27-19(26)16(31)9-15(25)20-28-21(32-29-20)12-5-7-30(2)10-12/h3-4,9,11-12,25H,5-8,10H2,1-2H3,(H2,26,27)/b16-9+,25-15?/t11-,12?/m1/s1. The van der Waals surface area contributed by atoms with Crippen LogP contribution in [0.15, 0.2) is 33.4 Å². The first-order valence-electron chi connectivity index (χ1n) is 10.3. The molecule has 0 spiro atoms. The summed E-state index contributed by atoms with van der Waals surface area (Å²) in [5.41, 5.74) is 7.16. The Morgan fingerprint density at radius 3 is 2.88 bits per heavy atom. The van der Waals surface area contributed by atoms with Gasteiger partial charge in [0.25, 0.3) is 0 Å². The molecule has 2 aliphatic rings. The Morgan fingerprint density at radius 2 is 2.16 bits per heavy atom. The Balaban J connectivity index is 1.62. The van der Waals surface area contributed by atoms with Gasteiger partial charge in [0, 0.05) is 23.7 Å². The van der Waals surface area contributed by atoms with E-state index in [1.807, 2.05) is 18.9 Å². The first-order chi connectivity index (χ1) is 15.3. The van der Waals surface area contributed by atoms with E-state index in [4.69, 9.17) is 38.9 Å². The van der Waals surface area contributed by atoms with Crippen LogP contribution in [0.2, 0.25) is 10.0 Å². The molecule has 1 unspecified atom stereocenters. The van der Waals surface area contributed by atoms with Gasteiger partial charge in [-0.05, 0) is 45.1 Å². The van der Waals surface area contributed by atoms with Gasteiger partial charge in [-0.15, -0.1) is 0 Å². The van der Waals surface area contributed by atoms with Crippen LogP contribution in [0, 0.1) is 11.2 Å². The van der Waals surface area contributed by atoms with Crippen molar-refractivity contribution in [2.75, 3.05) is 33.2 Å². The molecule has 3 heterocycles. The van der Waals surface area contributed by atoms with Gasteiger partial charge in [-0.25, -0.2) is 4.39 Å². The fourth-order valence-electron chi connectivity index (χ4n) is 4.12. The molecule has 1 fully saturated rings. The molecule has 1 aromatic carbocycles. The van der Waals surface area contributed by atoms with Crippen LogP contribution < -0.4 is 5.73 Å². The van der Waals surface area contributed by atoms with E-state index >= 15 is 0 Å². The lowest BCUT2D eigenvalue weighted by Gasteiger charge is -2.36. The average Bonchev–Trinajstić information content (AvgIpc) is 3.41. The van der Waals surface area contributed by atoms with Crippen LogP contribution in [0.5, 0.6) is 0 Å². The molecule has 11 heteroatoms. The lowest BCUT2D eigenvalue weighted by Crippen LogP contribution is -2.40. The quantitative estimate of drug-likeness (QED) is 0.500. The molecular formula is C21H24Cl2FN7O. The summed E-state index contributed by atoms with van der Waals surface area (Å²) < 4.78 is 19.5. The molecule has 3 N–H and O–H groups in total. The number of likely N-dealkylation sites (tertiary alicyclic amines) is 1. The minimum atomic E-state index is -0.549. The summed E-state index contributed by atoms with van der Waals surface area (Å²) >= 11 is 12.6. The molecule has 0 amide bonds. The van der Waals surface area contributed by atoms with E-state index in [-0.39, 0.29) is 28.3 Å². The number of amidine groups is 1. The monoisotopic (exact) mass is 479 g/mol. The number of hydrogen-bond donors (Lipinski definition) is 2. The number of hydrogen-bond acceptors (Lipinski definition) is 8. The summed E-state index contributed by atoms with van der Waals surface area (Å²) in [6.07, 6.45) is 2.48. The number of allylic oxidation sites excluding steroid dienone is 1. The highest BCUT2D eigenvalue weighted by Gasteiger charge is 2.29. The minimum Gasteiger partial charge on any atom is -0.382 e. The van der Waals surface area contributed by atoms with Crippen molar-refractivity contribution in [3.8, 4) is 0 Å². The van der Waals surface area contributed by atoms with Gasteiger partial charge < -0.3 is 20.1 Å². The van der Waals surface area contributed by atoms with Crippen molar-refractivity contribution in [2.24, 2.45) is 10.7 Å². The number of nitrogens with zero attached hydrogens (tertiary/aromatic N) is 5. The van der Waals surface area contributed by atoms with Crippen LogP contribution in [-0.2, 0) is 0 Å². The average molecular weight is 480 g/mol. The van der Waals surface area contributed by atoms with Crippen molar-refractivity contribution in [3.63, 3.8) is 0 Å². The van der Waals surface area contributed by atoms with E-state index in [0.717, 1.165) is 19.5 Å². The molecule has 0 aliphatic carbocycles. The van der Waals surface area contributed by atoms with Crippen LogP contribution in [0.4, 0.5) is 4.39 Å². The second-order valence-corrected chi connectivity index (χ2v) is 8.83. The fraction of sp³-hybridized carbons (Fsp3) is 0.429. The molecule has 2 aromatic rings. The third-order valence-corrected chi connectivity index (χ3v) is 6.58. The summed E-state index contributed by atoms with van der Waals surface area (Å²) in [4.78, 5) is 12.8. The topological polar surface area (TPSA) is 108 Å². The zero-order valence-corrected chi connectivity index (χ0v) is 19.3. The van der Waals surface area contributed by atoms with E-state index in [1.165, 1.54) is 12.1 Å². The Labute approximate surface area is 195 Å². The van der Waals surface area contributed by atoms with Gasteiger partial charge in [-0.1, -0.05) is 28.4 Å². The maximum atomic E-state index is 14.1. The Kier molecular flexibility index (Phi) is 6.50. The van der Waals surface area contributed by atoms with Crippen molar-refractivity contribution in [3.05, 3.63) is 57.0 Å². The zero-order valence-electron chi connectivity index (χ0n) is 17.8. The molecular weight excluding hydrogens is 456 g/mol. The maximum absolute atomic E-state index is 14.1. The van der Waals surface area contributed by atoms with E-state index in [2.05, 4.69) is 20.0 Å². The molecule has 0 saturated carbocycles. The predicted molar refractivity (Wildman–Crippen MR) is 122 cm³/mol. The van der Waals surface area contributed by atoms with Gasteiger partial charge in [0.1, 0.15) is 17.4 Å². The van der Waals surface area contributed by atoms with Crippen LogP contribution in [0.3, 0.4) is 0 Å². The molecule has 0 radical (unpaired) electrons. The predicted octanol–water partition coefficient (Wildman–Crippen LogP) is 3.62. The number of likely N-dealkylation sites (N-methyl/N-ethyl adjacent to an activating group) is 1. The first-order valence-corrected chi connectivity index (χ1v) is 11.0. The summed E-state index contributed by atoms with van der Waals surface area (Å²) in [5.74, 6) is 0.581. The number of nitrogens with one attached hydrogen (secondary N) is 1. The number of nitrogens with two attached hydrogens (primary N) is 1. The molecule has 0 bridgehead atoms. The summed E-state index contributed by atoms with van der Waals surface area (Å²) in [6, 6.07) is 2.30. The summed E-state index contributed by atoms with van der Waals surface area (Å²) in [5, 5.41) is 12.8. The highest BCUT2D eigenvalue weighted by atomic mass is 35.5. The minimum absolute atomic E-state index is 0.0371. The van der Waals surface area contributed by atoms with Crippen LogP contribution >= 0.6 is 23.2 Å². The van der Waals surface area contributed by atoms with E-state index in [9.17, 15) is 4.39 Å². The van der Waals surface area contributed by atoms with E-state index < -0.39 is 11.9 Å². The molecule has 4 rings (SSSR count). The molecule has 8 nitrogen and oxygen atoms in total.